The van der Waals surface area contributed by atoms with Gasteiger partial charge in [0.15, 0.2) is 19.7 Å². The van der Waals surface area contributed by atoms with Crippen molar-refractivity contribution < 1.29 is 21.6 Å². The normalized spacial score (nSPS) is 44.3. The fourth-order valence-corrected chi connectivity index (χ4v) is 13.5. The third kappa shape index (κ3) is 1.95. The van der Waals surface area contributed by atoms with Gasteiger partial charge in [-0.05, 0) is 61.8 Å². The van der Waals surface area contributed by atoms with E-state index in [0.29, 0.717) is 18.3 Å². The second-order valence-electron chi connectivity index (χ2n) is 9.99. The first-order valence-electron chi connectivity index (χ1n) is 11.1. The SMILES string of the molecule is O=S(=O)(c1ccccc1)[C@@H]1[C@H](S(=O)(=O)c2ccccc2)[C@@H]2C[C@H]1[C@@]13O[C@]21[C@H]1CC[C@H]3C1. The van der Waals surface area contributed by atoms with E-state index in [1.54, 1.807) is 60.7 Å². The number of sulfone groups is 2. The van der Waals surface area contributed by atoms with E-state index in [-0.39, 0.29) is 21.6 Å². The molecule has 1 saturated heterocycles. The summed E-state index contributed by atoms with van der Waals surface area (Å²) in [5.74, 6) is 0.255. The summed E-state index contributed by atoms with van der Waals surface area (Å²) in [4.78, 5) is 0.429. The Balaban J connectivity index is 1.43. The van der Waals surface area contributed by atoms with E-state index in [4.69, 9.17) is 4.74 Å². The van der Waals surface area contributed by atoms with Gasteiger partial charge in [-0.1, -0.05) is 36.4 Å². The number of epoxide rings is 1. The summed E-state index contributed by atoms with van der Waals surface area (Å²) in [6.45, 7) is 0. The third-order valence-electron chi connectivity index (χ3n) is 9.14. The van der Waals surface area contributed by atoms with Gasteiger partial charge in [0, 0.05) is 11.8 Å². The van der Waals surface area contributed by atoms with Crippen LogP contribution >= 0.6 is 0 Å². The molecule has 2 aromatic rings. The molecule has 162 valence electrons. The quantitative estimate of drug-likeness (QED) is 0.660. The van der Waals surface area contributed by atoms with Crippen LogP contribution in [-0.4, -0.2) is 38.5 Å². The molecule has 31 heavy (non-hydrogen) atoms. The Morgan fingerprint density at radius 1 is 0.645 bits per heavy atom. The maximum absolute atomic E-state index is 13.9. The molecule has 5 fully saturated rings. The first kappa shape index (κ1) is 18.8. The molecule has 0 aromatic heterocycles. The topological polar surface area (TPSA) is 80.8 Å². The highest BCUT2D eigenvalue weighted by atomic mass is 32.2. The maximum Gasteiger partial charge on any atom is 0.182 e. The summed E-state index contributed by atoms with van der Waals surface area (Å²) in [6, 6.07) is 16.7. The molecule has 5 nitrogen and oxygen atoms in total. The van der Waals surface area contributed by atoms with Crippen molar-refractivity contribution in [3.63, 3.8) is 0 Å². The number of rotatable bonds is 4. The van der Waals surface area contributed by atoms with Crippen LogP contribution in [-0.2, 0) is 24.4 Å². The standard InChI is InChI=1S/C24H24O5S2/c25-30(26,17-7-3-1-4-8-17)21-19-14-20(22(21)31(27,28)18-9-5-2-6-10-18)24-16-12-11-15(13-16)23(19,24)29-24/h1-10,15-16,19-22H,11-14H2/t15-,16-,19-,20+,21+,22-,23+,24+/m0/s1. The van der Waals surface area contributed by atoms with Crippen LogP contribution in [0.5, 0.6) is 0 Å². The van der Waals surface area contributed by atoms with Crippen LogP contribution in [0.25, 0.3) is 0 Å². The molecule has 0 spiro atoms. The summed E-state index contributed by atoms with van der Waals surface area (Å²) < 4.78 is 62.3. The van der Waals surface area contributed by atoms with Gasteiger partial charge in [-0.2, -0.15) is 0 Å². The van der Waals surface area contributed by atoms with E-state index in [1.165, 1.54) is 0 Å². The van der Waals surface area contributed by atoms with Gasteiger partial charge in [0.1, 0.15) is 11.2 Å². The lowest BCUT2D eigenvalue weighted by atomic mass is 9.70. The number of ether oxygens (including phenoxy) is 1. The van der Waals surface area contributed by atoms with Crippen LogP contribution in [0.1, 0.15) is 25.7 Å². The van der Waals surface area contributed by atoms with Gasteiger partial charge >= 0.3 is 0 Å². The lowest BCUT2D eigenvalue weighted by molar-refractivity contribution is 0.0900. The van der Waals surface area contributed by atoms with Crippen LogP contribution in [0.15, 0.2) is 70.5 Å². The summed E-state index contributed by atoms with van der Waals surface area (Å²) in [6.07, 6.45) is 3.84. The minimum Gasteiger partial charge on any atom is -0.361 e. The van der Waals surface area contributed by atoms with Gasteiger partial charge in [-0.15, -0.1) is 0 Å². The Bertz CT molecular complexity index is 1190. The zero-order chi connectivity index (χ0) is 21.2. The Hall–Kier alpha value is -1.70. The molecular formula is C24H24O5S2. The Morgan fingerprint density at radius 2 is 1.06 bits per heavy atom. The van der Waals surface area contributed by atoms with Crippen molar-refractivity contribution in [1.29, 1.82) is 0 Å². The van der Waals surface area contributed by atoms with Crippen LogP contribution in [0.4, 0.5) is 0 Å². The predicted molar refractivity (Wildman–Crippen MR) is 114 cm³/mol. The molecule has 0 unspecified atom stereocenters. The van der Waals surface area contributed by atoms with Crippen molar-refractivity contribution in [3.8, 4) is 0 Å². The summed E-state index contributed by atoms with van der Waals surface area (Å²) >= 11 is 0. The van der Waals surface area contributed by atoms with E-state index in [0.717, 1.165) is 19.3 Å². The van der Waals surface area contributed by atoms with Crippen molar-refractivity contribution in [2.45, 2.75) is 57.2 Å². The molecule has 5 aliphatic rings. The first-order chi connectivity index (χ1) is 14.8. The first-order valence-corrected chi connectivity index (χ1v) is 14.2. The van der Waals surface area contributed by atoms with Crippen molar-refractivity contribution in [1.82, 2.24) is 0 Å². The summed E-state index contributed by atoms with van der Waals surface area (Å²) in [5, 5.41) is -1.92. The Labute approximate surface area is 182 Å². The van der Waals surface area contributed by atoms with Gasteiger partial charge in [0.25, 0.3) is 0 Å². The molecule has 7 heteroatoms. The van der Waals surface area contributed by atoms with Gasteiger partial charge in [0.05, 0.1) is 20.3 Å². The van der Waals surface area contributed by atoms with Crippen LogP contribution in [0.3, 0.4) is 0 Å². The van der Waals surface area contributed by atoms with Gasteiger partial charge in [-0.25, -0.2) is 16.8 Å². The number of benzene rings is 2. The number of hydrogen-bond donors (Lipinski definition) is 0. The largest absolute Gasteiger partial charge is 0.361 e. The summed E-state index contributed by atoms with van der Waals surface area (Å²) in [5.41, 5.74) is -0.814. The van der Waals surface area contributed by atoms with E-state index in [2.05, 4.69) is 0 Å². The highest BCUT2D eigenvalue weighted by molar-refractivity contribution is 7.96. The molecule has 0 radical (unpaired) electrons. The minimum absolute atomic E-state index is 0.214. The van der Waals surface area contributed by atoms with Crippen LogP contribution in [0.2, 0.25) is 0 Å². The van der Waals surface area contributed by atoms with Crippen molar-refractivity contribution in [2.75, 3.05) is 0 Å². The van der Waals surface area contributed by atoms with E-state index in [1.807, 2.05) is 0 Å². The fraction of sp³-hybridized carbons (Fsp3) is 0.500. The average molecular weight is 457 g/mol. The molecule has 0 amide bonds. The van der Waals surface area contributed by atoms with Crippen LogP contribution < -0.4 is 0 Å². The minimum atomic E-state index is -3.84. The van der Waals surface area contributed by atoms with Gasteiger partial charge in [0.2, 0.25) is 0 Å². The van der Waals surface area contributed by atoms with E-state index < -0.39 is 41.4 Å². The molecule has 4 aliphatic carbocycles. The maximum atomic E-state index is 13.9. The van der Waals surface area contributed by atoms with E-state index >= 15 is 0 Å². The molecule has 4 saturated carbocycles. The highest BCUT2D eigenvalue weighted by Crippen LogP contribution is 2.85. The molecule has 1 heterocycles. The van der Waals surface area contributed by atoms with E-state index in [9.17, 15) is 16.8 Å². The molecule has 0 N–H and O–H groups in total. The van der Waals surface area contributed by atoms with Crippen molar-refractivity contribution >= 4 is 19.7 Å². The smallest absolute Gasteiger partial charge is 0.182 e. The predicted octanol–water partition coefficient (Wildman–Crippen LogP) is 3.26. The van der Waals surface area contributed by atoms with Crippen molar-refractivity contribution in [2.24, 2.45) is 23.7 Å². The third-order valence-corrected chi connectivity index (χ3v) is 13.8. The zero-order valence-corrected chi connectivity index (χ0v) is 18.6. The Kier molecular flexibility index (Phi) is 3.41. The average Bonchev–Trinajstić information content (AvgIpc) is 3.16. The molecule has 4 bridgehead atoms. The number of hydrogen-bond acceptors (Lipinski definition) is 5. The molecular weight excluding hydrogens is 432 g/mol. The second-order valence-corrected chi connectivity index (χ2v) is 14.2. The zero-order valence-electron chi connectivity index (χ0n) is 16.9. The fourth-order valence-electron chi connectivity index (χ4n) is 8.31. The monoisotopic (exact) mass is 456 g/mol. The molecule has 8 atom stereocenters. The Morgan fingerprint density at radius 3 is 1.48 bits per heavy atom. The highest BCUT2D eigenvalue weighted by Gasteiger charge is 2.95. The lowest BCUT2D eigenvalue weighted by Gasteiger charge is -2.38. The summed E-state index contributed by atoms with van der Waals surface area (Å²) in [7, 11) is -7.68. The number of fused-ring (bicyclic) bond motifs is 4. The lowest BCUT2D eigenvalue weighted by Crippen LogP contribution is -2.55. The van der Waals surface area contributed by atoms with Crippen LogP contribution in [0, 0.1) is 23.7 Å². The van der Waals surface area contributed by atoms with Gasteiger partial charge < -0.3 is 4.74 Å². The van der Waals surface area contributed by atoms with Crippen molar-refractivity contribution in [3.05, 3.63) is 60.7 Å². The molecule has 1 aliphatic heterocycles. The molecule has 7 rings (SSSR count). The van der Waals surface area contributed by atoms with Gasteiger partial charge in [-0.3, -0.25) is 0 Å². The second kappa shape index (κ2) is 5.61. The molecule has 2 aromatic carbocycles.